The lowest BCUT2D eigenvalue weighted by atomic mass is 10.2. The Kier molecular flexibility index (Phi) is 6.47. The summed E-state index contributed by atoms with van der Waals surface area (Å²) in [6.45, 7) is 5.84. The molecule has 1 N–H and O–H groups in total. The number of unbranched alkanes of at least 4 members (excludes halogenated alkanes) is 2. The fourth-order valence-electron chi connectivity index (χ4n) is 1.89. The van der Waals surface area contributed by atoms with Gasteiger partial charge in [0.1, 0.15) is 10.8 Å². The van der Waals surface area contributed by atoms with Crippen molar-refractivity contribution in [1.82, 2.24) is 10.2 Å². The first-order chi connectivity index (χ1) is 10.3. The first-order valence-corrected chi connectivity index (χ1v) is 8.41. The van der Waals surface area contributed by atoms with Crippen LogP contribution in [0.4, 0.5) is 5.13 Å². The Hall–Kier alpha value is -1.62. The summed E-state index contributed by atoms with van der Waals surface area (Å²) in [5.41, 5.74) is 1.21. The van der Waals surface area contributed by atoms with Crippen LogP contribution in [0.3, 0.4) is 0 Å². The number of nitrogens with one attached hydrogen (secondary N) is 1. The van der Waals surface area contributed by atoms with Gasteiger partial charge in [-0.3, -0.25) is 0 Å². The van der Waals surface area contributed by atoms with Gasteiger partial charge in [0.15, 0.2) is 0 Å². The fourth-order valence-corrected chi connectivity index (χ4v) is 2.57. The molecule has 0 aliphatic rings. The van der Waals surface area contributed by atoms with Gasteiger partial charge in [-0.25, -0.2) is 0 Å². The molecule has 1 aromatic carbocycles. The van der Waals surface area contributed by atoms with Gasteiger partial charge in [0.25, 0.3) is 0 Å². The predicted molar refractivity (Wildman–Crippen MR) is 88.1 cm³/mol. The minimum atomic E-state index is 0.758. The van der Waals surface area contributed by atoms with Crippen LogP contribution in [0.15, 0.2) is 24.3 Å². The van der Waals surface area contributed by atoms with E-state index in [1.807, 2.05) is 12.1 Å². The lowest BCUT2D eigenvalue weighted by Crippen LogP contribution is -2.00. The van der Waals surface area contributed by atoms with Crippen molar-refractivity contribution >= 4 is 16.5 Å². The van der Waals surface area contributed by atoms with E-state index in [4.69, 9.17) is 4.74 Å². The van der Waals surface area contributed by atoms with E-state index in [0.29, 0.717) is 0 Å². The molecule has 1 heterocycles. The standard InChI is InChI=1S/C16H23N3OS/c1-3-5-6-11-20-14-9-7-13(8-10-14)12-17-16-19-18-15(4-2)21-16/h7-10H,3-6,11-12H2,1-2H3,(H,17,19). The summed E-state index contributed by atoms with van der Waals surface area (Å²) in [6.07, 6.45) is 4.50. The third-order valence-electron chi connectivity index (χ3n) is 3.15. The van der Waals surface area contributed by atoms with Crippen LogP contribution in [0, 0.1) is 0 Å². The average molecular weight is 305 g/mol. The molecule has 0 saturated heterocycles. The van der Waals surface area contributed by atoms with Crippen molar-refractivity contribution in [1.29, 1.82) is 0 Å². The van der Waals surface area contributed by atoms with E-state index in [-0.39, 0.29) is 0 Å². The molecule has 0 bridgehead atoms. The maximum absolute atomic E-state index is 5.70. The highest BCUT2D eigenvalue weighted by atomic mass is 32.1. The van der Waals surface area contributed by atoms with Crippen LogP contribution in [0.5, 0.6) is 5.75 Å². The van der Waals surface area contributed by atoms with Crippen LogP contribution < -0.4 is 10.1 Å². The normalized spacial score (nSPS) is 10.6. The second-order valence-electron chi connectivity index (χ2n) is 4.91. The van der Waals surface area contributed by atoms with Crippen molar-refractivity contribution in [2.75, 3.05) is 11.9 Å². The SMILES string of the molecule is CCCCCOc1ccc(CNc2nnc(CC)s2)cc1. The zero-order valence-corrected chi connectivity index (χ0v) is 13.6. The summed E-state index contributed by atoms with van der Waals surface area (Å²) < 4.78 is 5.70. The zero-order chi connectivity index (χ0) is 14.9. The number of ether oxygens (including phenoxy) is 1. The van der Waals surface area contributed by atoms with Crippen molar-refractivity contribution < 1.29 is 4.74 Å². The third kappa shape index (κ3) is 5.34. The quantitative estimate of drug-likeness (QED) is 0.702. The van der Waals surface area contributed by atoms with Crippen molar-refractivity contribution in [2.24, 2.45) is 0 Å². The molecule has 0 amide bonds. The Labute approximate surface area is 130 Å². The molecule has 0 aliphatic carbocycles. The first-order valence-electron chi connectivity index (χ1n) is 7.59. The molecule has 0 fully saturated rings. The number of benzene rings is 1. The number of aromatic nitrogens is 2. The molecule has 0 spiro atoms. The van der Waals surface area contributed by atoms with E-state index in [1.165, 1.54) is 18.4 Å². The zero-order valence-electron chi connectivity index (χ0n) is 12.8. The minimum absolute atomic E-state index is 0.758. The van der Waals surface area contributed by atoms with Gasteiger partial charge < -0.3 is 10.1 Å². The molecule has 2 rings (SSSR count). The van der Waals surface area contributed by atoms with Gasteiger partial charge in [-0.05, 0) is 30.5 Å². The van der Waals surface area contributed by atoms with E-state index < -0.39 is 0 Å². The van der Waals surface area contributed by atoms with Gasteiger partial charge in [-0.2, -0.15) is 0 Å². The Morgan fingerprint density at radius 1 is 1.10 bits per heavy atom. The summed E-state index contributed by atoms with van der Waals surface area (Å²) in [5, 5.41) is 13.4. The van der Waals surface area contributed by atoms with Crippen LogP contribution in [0.1, 0.15) is 43.7 Å². The molecule has 5 heteroatoms. The maximum atomic E-state index is 5.70. The van der Waals surface area contributed by atoms with Crippen LogP contribution in [-0.2, 0) is 13.0 Å². The van der Waals surface area contributed by atoms with Crippen LogP contribution in [0.2, 0.25) is 0 Å². The highest BCUT2D eigenvalue weighted by Crippen LogP contribution is 2.18. The minimum Gasteiger partial charge on any atom is -0.494 e. The fraction of sp³-hybridized carbons (Fsp3) is 0.500. The summed E-state index contributed by atoms with van der Waals surface area (Å²) in [7, 11) is 0. The third-order valence-corrected chi connectivity index (χ3v) is 4.18. The maximum Gasteiger partial charge on any atom is 0.205 e. The van der Waals surface area contributed by atoms with Gasteiger partial charge in [0.2, 0.25) is 5.13 Å². The van der Waals surface area contributed by atoms with E-state index in [1.54, 1.807) is 11.3 Å². The topological polar surface area (TPSA) is 47.0 Å². The van der Waals surface area contributed by atoms with E-state index >= 15 is 0 Å². The molecule has 4 nitrogen and oxygen atoms in total. The smallest absolute Gasteiger partial charge is 0.205 e. The summed E-state index contributed by atoms with van der Waals surface area (Å²) in [5.74, 6) is 0.944. The van der Waals surface area contributed by atoms with Crippen LogP contribution in [-0.4, -0.2) is 16.8 Å². The largest absolute Gasteiger partial charge is 0.494 e. The molecule has 0 saturated carbocycles. The van der Waals surface area contributed by atoms with Gasteiger partial charge in [0, 0.05) is 6.54 Å². The first kappa shape index (κ1) is 15.8. The Morgan fingerprint density at radius 2 is 1.90 bits per heavy atom. The van der Waals surface area contributed by atoms with E-state index in [9.17, 15) is 0 Å². The van der Waals surface area contributed by atoms with Gasteiger partial charge in [-0.1, -0.05) is 50.2 Å². The number of hydrogen-bond donors (Lipinski definition) is 1. The highest BCUT2D eigenvalue weighted by Gasteiger charge is 2.02. The monoisotopic (exact) mass is 305 g/mol. The predicted octanol–water partition coefficient (Wildman–Crippen LogP) is 4.28. The number of anilines is 1. The molecule has 0 atom stereocenters. The summed E-state index contributed by atoms with van der Waals surface area (Å²) in [4.78, 5) is 0. The van der Waals surface area contributed by atoms with Crippen molar-refractivity contribution in [3.05, 3.63) is 34.8 Å². The molecule has 2 aromatic rings. The van der Waals surface area contributed by atoms with Gasteiger partial charge in [0.05, 0.1) is 6.61 Å². The number of hydrogen-bond acceptors (Lipinski definition) is 5. The lowest BCUT2D eigenvalue weighted by molar-refractivity contribution is 0.306. The molecule has 21 heavy (non-hydrogen) atoms. The molecule has 114 valence electrons. The van der Waals surface area contributed by atoms with E-state index in [2.05, 4.69) is 41.5 Å². The Morgan fingerprint density at radius 3 is 2.57 bits per heavy atom. The molecule has 0 aliphatic heterocycles. The second kappa shape index (κ2) is 8.62. The Bertz CT molecular complexity index is 525. The molecule has 0 unspecified atom stereocenters. The number of aryl methyl sites for hydroxylation is 1. The van der Waals surface area contributed by atoms with Crippen LogP contribution in [0.25, 0.3) is 0 Å². The van der Waals surface area contributed by atoms with E-state index in [0.717, 1.165) is 41.9 Å². The van der Waals surface area contributed by atoms with Gasteiger partial charge >= 0.3 is 0 Å². The van der Waals surface area contributed by atoms with Crippen molar-refractivity contribution in [3.63, 3.8) is 0 Å². The average Bonchev–Trinajstić information content (AvgIpc) is 2.99. The van der Waals surface area contributed by atoms with Crippen molar-refractivity contribution in [3.8, 4) is 5.75 Å². The summed E-state index contributed by atoms with van der Waals surface area (Å²) in [6, 6.07) is 8.23. The molecular formula is C16H23N3OS. The molecular weight excluding hydrogens is 282 g/mol. The molecule has 1 aromatic heterocycles. The number of rotatable bonds is 9. The lowest BCUT2D eigenvalue weighted by Gasteiger charge is -2.07. The highest BCUT2D eigenvalue weighted by molar-refractivity contribution is 7.15. The van der Waals surface area contributed by atoms with Crippen LogP contribution >= 0.6 is 11.3 Å². The number of nitrogens with zero attached hydrogens (tertiary/aromatic N) is 2. The molecule has 0 radical (unpaired) electrons. The Balaban J connectivity index is 1.76. The second-order valence-corrected chi connectivity index (χ2v) is 5.97. The van der Waals surface area contributed by atoms with Gasteiger partial charge in [-0.15, -0.1) is 10.2 Å². The summed E-state index contributed by atoms with van der Waals surface area (Å²) >= 11 is 1.61. The van der Waals surface area contributed by atoms with Crippen molar-refractivity contribution in [2.45, 2.75) is 46.1 Å².